The van der Waals surface area contributed by atoms with Gasteiger partial charge in [0.1, 0.15) is 0 Å². The van der Waals surface area contributed by atoms with Gasteiger partial charge < -0.3 is 5.73 Å². The number of nitrogens with zero attached hydrogens (tertiary/aromatic N) is 2. The molecule has 1 heterocycles. The maximum Gasteiger partial charge on any atom is 0.0883 e. The Hall–Kier alpha value is -2.42. The topological polar surface area (TPSA) is 50.7 Å². The average Bonchev–Trinajstić information content (AvgIpc) is 2.58. The van der Waals surface area contributed by atoms with Crippen molar-refractivity contribution in [3.05, 3.63) is 77.6 Å². The van der Waals surface area contributed by atoms with Crippen LogP contribution in [0.15, 0.2) is 76.9 Å². The van der Waals surface area contributed by atoms with Gasteiger partial charge in [-0.3, -0.25) is 9.98 Å². The molecule has 0 amide bonds. The molecule has 0 unspecified atom stereocenters. The Morgan fingerprint density at radius 1 is 1.28 bits per heavy atom. The fourth-order valence-corrected chi connectivity index (χ4v) is 1.73. The van der Waals surface area contributed by atoms with E-state index in [9.17, 15) is 0 Å². The van der Waals surface area contributed by atoms with Crippen molar-refractivity contribution in [2.45, 2.75) is 0 Å². The first kappa shape index (κ1) is 12.0. The first-order chi connectivity index (χ1) is 8.74. The second-order valence-electron chi connectivity index (χ2n) is 3.91. The lowest BCUT2D eigenvalue weighted by atomic mass is 10.1. The van der Waals surface area contributed by atoms with Crippen molar-refractivity contribution in [1.82, 2.24) is 0 Å². The summed E-state index contributed by atoms with van der Waals surface area (Å²) >= 11 is 0. The summed E-state index contributed by atoms with van der Waals surface area (Å²) in [6, 6.07) is 5.53. The van der Waals surface area contributed by atoms with E-state index in [4.69, 9.17) is 5.73 Å². The number of hydrogen-bond acceptors (Lipinski definition) is 3. The molecule has 0 aliphatic carbocycles. The van der Waals surface area contributed by atoms with E-state index in [-0.39, 0.29) is 0 Å². The Balaban J connectivity index is 2.49. The van der Waals surface area contributed by atoms with Gasteiger partial charge in [-0.05, 0) is 29.3 Å². The normalized spacial score (nSPS) is 14.4. The maximum atomic E-state index is 5.74. The molecule has 3 heteroatoms. The van der Waals surface area contributed by atoms with Crippen molar-refractivity contribution >= 4 is 5.69 Å². The highest BCUT2D eigenvalue weighted by atomic mass is 14.8. The van der Waals surface area contributed by atoms with Gasteiger partial charge in [-0.2, -0.15) is 0 Å². The number of hydrogen-bond donors (Lipinski definition) is 1. The molecule has 1 aromatic rings. The van der Waals surface area contributed by atoms with Crippen LogP contribution in [-0.4, -0.2) is 6.54 Å². The summed E-state index contributed by atoms with van der Waals surface area (Å²) in [6.45, 7) is 8.04. The zero-order valence-electron chi connectivity index (χ0n) is 10.1. The molecule has 0 spiro atoms. The third-order valence-corrected chi connectivity index (χ3v) is 2.67. The molecule has 0 bridgehead atoms. The minimum absolute atomic E-state index is 0.561. The molecule has 2 rings (SSSR count). The second kappa shape index (κ2) is 5.27. The van der Waals surface area contributed by atoms with E-state index < -0.39 is 0 Å². The first-order valence-electron chi connectivity index (χ1n) is 5.67. The summed E-state index contributed by atoms with van der Waals surface area (Å²) < 4.78 is 0. The van der Waals surface area contributed by atoms with Crippen LogP contribution in [0.1, 0.15) is 0 Å². The molecular weight excluding hydrogens is 222 g/mol. The largest absolute Gasteiger partial charge is 0.399 e. The summed E-state index contributed by atoms with van der Waals surface area (Å²) in [4.78, 5) is 8.94. The Bertz CT molecular complexity index is 663. The summed E-state index contributed by atoms with van der Waals surface area (Å²) in [6.07, 6.45) is 7.23. The summed E-state index contributed by atoms with van der Waals surface area (Å²) in [5.74, 6) is 0. The van der Waals surface area contributed by atoms with Crippen molar-refractivity contribution < 1.29 is 0 Å². The monoisotopic (exact) mass is 237 g/mol. The lowest BCUT2D eigenvalue weighted by molar-refractivity contribution is 1.09. The fourth-order valence-electron chi connectivity index (χ4n) is 1.73. The van der Waals surface area contributed by atoms with Crippen molar-refractivity contribution in [1.29, 1.82) is 0 Å². The molecule has 0 aromatic heterocycles. The van der Waals surface area contributed by atoms with Crippen LogP contribution in [-0.2, 0) is 0 Å². The summed E-state index contributed by atoms with van der Waals surface area (Å²) in [7, 11) is 0. The molecule has 1 aromatic carbocycles. The molecule has 0 fully saturated rings. The highest BCUT2D eigenvalue weighted by Crippen LogP contribution is 2.12. The van der Waals surface area contributed by atoms with Gasteiger partial charge in [-0.15, -0.1) is 0 Å². The number of fused-ring (bicyclic) bond motifs is 1. The van der Waals surface area contributed by atoms with E-state index in [0.717, 1.165) is 21.9 Å². The molecule has 3 nitrogen and oxygen atoms in total. The van der Waals surface area contributed by atoms with Crippen LogP contribution >= 0.6 is 0 Å². The smallest absolute Gasteiger partial charge is 0.0883 e. The van der Waals surface area contributed by atoms with Gasteiger partial charge in [0.05, 0.1) is 17.3 Å². The standard InChI is InChI=1S/C15H15N3/c1-3-5-11(4-2)12-9-17-14-7-6-13(16)8-15(14)18-10-12/h3-9H,1-2,10,16H2/b11-5+. The number of benzene rings is 1. The van der Waals surface area contributed by atoms with Crippen LogP contribution in [0.5, 0.6) is 0 Å². The van der Waals surface area contributed by atoms with Crippen LogP contribution in [0.2, 0.25) is 0 Å². The Kier molecular flexibility index (Phi) is 3.53. The van der Waals surface area contributed by atoms with E-state index in [1.165, 1.54) is 0 Å². The molecular formula is C15H15N3. The number of rotatable bonds is 3. The number of nitrogens with two attached hydrogens (primary N) is 1. The average molecular weight is 237 g/mol. The Morgan fingerprint density at radius 2 is 2.11 bits per heavy atom. The van der Waals surface area contributed by atoms with Crippen molar-refractivity contribution in [3.63, 3.8) is 0 Å². The van der Waals surface area contributed by atoms with E-state index in [0.29, 0.717) is 12.2 Å². The highest BCUT2D eigenvalue weighted by Gasteiger charge is 2.03. The molecule has 1 aliphatic rings. The quantitative estimate of drug-likeness (QED) is 0.631. The molecule has 0 radical (unpaired) electrons. The van der Waals surface area contributed by atoms with Gasteiger partial charge in [0.2, 0.25) is 0 Å². The van der Waals surface area contributed by atoms with E-state index >= 15 is 0 Å². The molecule has 1 aliphatic heterocycles. The van der Waals surface area contributed by atoms with E-state index in [2.05, 4.69) is 23.1 Å². The van der Waals surface area contributed by atoms with Gasteiger partial charge in [0.15, 0.2) is 0 Å². The lowest BCUT2D eigenvalue weighted by Crippen LogP contribution is -2.24. The van der Waals surface area contributed by atoms with Crippen LogP contribution in [0.25, 0.3) is 0 Å². The molecule has 90 valence electrons. The summed E-state index contributed by atoms with van der Waals surface area (Å²) in [5.41, 5.74) is 8.44. The molecule has 0 saturated heterocycles. The van der Waals surface area contributed by atoms with Crippen molar-refractivity contribution in [3.8, 4) is 0 Å². The van der Waals surface area contributed by atoms with E-state index in [1.54, 1.807) is 12.2 Å². The molecule has 18 heavy (non-hydrogen) atoms. The first-order valence-corrected chi connectivity index (χ1v) is 5.67. The van der Waals surface area contributed by atoms with Gasteiger partial charge in [-0.1, -0.05) is 31.4 Å². The fraction of sp³-hybridized carbons (Fsp3) is 0.0667. The zero-order chi connectivity index (χ0) is 13.0. The molecule has 2 N–H and O–H groups in total. The number of allylic oxidation sites excluding steroid dienone is 3. The van der Waals surface area contributed by atoms with E-state index in [1.807, 2.05) is 30.5 Å². The van der Waals surface area contributed by atoms with Gasteiger partial charge in [0, 0.05) is 11.9 Å². The third-order valence-electron chi connectivity index (χ3n) is 2.67. The van der Waals surface area contributed by atoms with Crippen molar-refractivity contribution in [2.24, 2.45) is 9.98 Å². The second-order valence-corrected chi connectivity index (χ2v) is 3.91. The summed E-state index contributed by atoms with van der Waals surface area (Å²) in [5, 5.41) is 1.66. The number of nitrogen functional groups attached to an aromatic ring is 1. The zero-order valence-corrected chi connectivity index (χ0v) is 10.1. The van der Waals surface area contributed by atoms with Crippen molar-refractivity contribution in [2.75, 3.05) is 12.3 Å². The predicted molar refractivity (Wildman–Crippen MR) is 74.6 cm³/mol. The number of anilines is 1. The highest BCUT2D eigenvalue weighted by molar-refractivity contribution is 5.42. The van der Waals surface area contributed by atoms with Gasteiger partial charge >= 0.3 is 0 Å². The Labute approximate surface area is 106 Å². The minimum atomic E-state index is 0.561. The van der Waals surface area contributed by atoms with Crippen LogP contribution < -0.4 is 16.4 Å². The third kappa shape index (κ3) is 2.46. The SMILES string of the molecule is C=C/C=C(\C=C)C1=CN=c2ccc(N)cc2=NC1. The maximum absolute atomic E-state index is 5.74. The lowest BCUT2D eigenvalue weighted by Gasteiger charge is -2.02. The van der Waals surface area contributed by atoms with Crippen LogP contribution in [0.4, 0.5) is 5.69 Å². The Morgan fingerprint density at radius 3 is 2.83 bits per heavy atom. The van der Waals surface area contributed by atoms with Crippen LogP contribution in [0.3, 0.4) is 0 Å². The van der Waals surface area contributed by atoms with Gasteiger partial charge in [0.25, 0.3) is 0 Å². The molecule has 0 atom stereocenters. The minimum Gasteiger partial charge on any atom is -0.399 e. The predicted octanol–water partition coefficient (Wildman–Crippen LogP) is 1.70. The van der Waals surface area contributed by atoms with Gasteiger partial charge in [-0.25, -0.2) is 0 Å². The van der Waals surface area contributed by atoms with Crippen LogP contribution in [0, 0.1) is 0 Å². The molecule has 0 saturated carbocycles.